The molecule has 2 heterocycles. The number of rotatable bonds is 5. The molecule has 2 aromatic heterocycles. The van der Waals surface area contributed by atoms with Crippen LogP contribution in [0.25, 0.3) is 0 Å². The van der Waals surface area contributed by atoms with Gasteiger partial charge in [-0.1, -0.05) is 6.07 Å². The summed E-state index contributed by atoms with van der Waals surface area (Å²) < 4.78 is 9.58. The van der Waals surface area contributed by atoms with E-state index in [1.807, 2.05) is 6.07 Å². The number of benzene rings is 1. The number of carbonyl (C=O) groups excluding carboxylic acids is 2. The number of pyridine rings is 1. The minimum atomic E-state index is -0.612. The number of anilines is 2. The molecule has 0 atom stereocenters. The highest BCUT2D eigenvalue weighted by Crippen LogP contribution is 2.24. The Kier molecular flexibility index (Phi) is 6.85. The summed E-state index contributed by atoms with van der Waals surface area (Å²) in [6, 6.07) is 12.3. The molecule has 8 nitrogen and oxygen atoms in total. The number of carbonyl (C=O) groups is 2. The summed E-state index contributed by atoms with van der Waals surface area (Å²) in [7, 11) is 0. The SMILES string of the molecule is Cc1nsc(Cc2ccc(C#N)cn2)c1C(=O)Nc1cccc(NC(=O)OC(C)(C)C)c1. The molecule has 0 bridgehead atoms. The van der Waals surface area contributed by atoms with Crippen molar-refractivity contribution in [3.05, 3.63) is 70.0 Å². The molecule has 3 rings (SSSR count). The Balaban J connectivity index is 1.73. The van der Waals surface area contributed by atoms with Crippen LogP contribution in [0.2, 0.25) is 0 Å². The Hall–Kier alpha value is -3.77. The second kappa shape index (κ2) is 9.58. The number of amides is 2. The Bertz CT molecular complexity index is 1170. The molecule has 32 heavy (non-hydrogen) atoms. The molecule has 2 amide bonds. The highest BCUT2D eigenvalue weighted by atomic mass is 32.1. The Morgan fingerprint density at radius 3 is 2.50 bits per heavy atom. The van der Waals surface area contributed by atoms with Crippen molar-refractivity contribution < 1.29 is 14.3 Å². The van der Waals surface area contributed by atoms with Crippen LogP contribution < -0.4 is 10.6 Å². The van der Waals surface area contributed by atoms with Gasteiger partial charge < -0.3 is 10.1 Å². The molecular weight excluding hydrogens is 426 g/mol. The third kappa shape index (κ3) is 6.12. The van der Waals surface area contributed by atoms with Crippen molar-refractivity contribution >= 4 is 34.9 Å². The van der Waals surface area contributed by atoms with E-state index in [2.05, 4.69) is 20.0 Å². The molecule has 3 aromatic rings. The lowest BCUT2D eigenvalue weighted by Gasteiger charge is -2.19. The summed E-state index contributed by atoms with van der Waals surface area (Å²) in [5, 5.41) is 14.4. The van der Waals surface area contributed by atoms with Crippen LogP contribution in [0.1, 0.15) is 53.0 Å². The van der Waals surface area contributed by atoms with Crippen molar-refractivity contribution in [1.29, 1.82) is 5.26 Å². The van der Waals surface area contributed by atoms with Gasteiger partial charge in [0, 0.05) is 34.6 Å². The number of nitrogens with zero attached hydrogens (tertiary/aromatic N) is 3. The van der Waals surface area contributed by atoms with Crippen LogP contribution in [0, 0.1) is 18.3 Å². The highest BCUT2D eigenvalue weighted by Gasteiger charge is 2.20. The molecule has 0 unspecified atom stereocenters. The monoisotopic (exact) mass is 449 g/mol. The molecule has 0 aliphatic heterocycles. The van der Waals surface area contributed by atoms with Gasteiger partial charge in [-0.25, -0.2) is 4.79 Å². The van der Waals surface area contributed by atoms with E-state index in [9.17, 15) is 9.59 Å². The van der Waals surface area contributed by atoms with Crippen LogP contribution in [-0.4, -0.2) is 27.0 Å². The van der Waals surface area contributed by atoms with Crippen LogP contribution in [0.3, 0.4) is 0 Å². The standard InChI is InChI=1S/C23H23N5O3S/c1-14-20(19(32-28-14)11-16-9-8-15(12-24)13-25-16)21(29)26-17-6-5-7-18(10-17)27-22(30)31-23(2,3)4/h5-10,13H,11H2,1-4H3,(H,26,29)(H,27,30). The van der Waals surface area contributed by atoms with Gasteiger partial charge in [0.05, 0.1) is 16.8 Å². The number of ether oxygens (including phenoxy) is 1. The first-order valence-electron chi connectivity index (χ1n) is 9.86. The van der Waals surface area contributed by atoms with Gasteiger partial charge in [0.2, 0.25) is 0 Å². The number of nitriles is 1. The first-order chi connectivity index (χ1) is 15.1. The topological polar surface area (TPSA) is 117 Å². The Labute approximate surface area is 190 Å². The summed E-state index contributed by atoms with van der Waals surface area (Å²) in [5.41, 5.74) is 2.75. The zero-order valence-corrected chi connectivity index (χ0v) is 19.0. The van der Waals surface area contributed by atoms with Crippen LogP contribution in [0.5, 0.6) is 0 Å². The van der Waals surface area contributed by atoms with Gasteiger partial charge >= 0.3 is 6.09 Å². The van der Waals surface area contributed by atoms with Crippen LogP contribution in [0.15, 0.2) is 42.6 Å². The van der Waals surface area contributed by atoms with E-state index in [1.165, 1.54) is 17.7 Å². The maximum atomic E-state index is 13.0. The Morgan fingerprint density at radius 1 is 1.16 bits per heavy atom. The third-order valence-electron chi connectivity index (χ3n) is 4.22. The second-order valence-electron chi connectivity index (χ2n) is 8.05. The van der Waals surface area contributed by atoms with Gasteiger partial charge in [-0.15, -0.1) is 0 Å². The first-order valence-corrected chi connectivity index (χ1v) is 10.6. The van der Waals surface area contributed by atoms with Crippen molar-refractivity contribution in [2.75, 3.05) is 10.6 Å². The fourth-order valence-corrected chi connectivity index (χ4v) is 3.76. The smallest absolute Gasteiger partial charge is 0.412 e. The average Bonchev–Trinajstić information content (AvgIpc) is 3.07. The first kappa shape index (κ1) is 22.9. The van der Waals surface area contributed by atoms with Crippen LogP contribution in [0.4, 0.5) is 16.2 Å². The van der Waals surface area contributed by atoms with Crippen molar-refractivity contribution in [1.82, 2.24) is 9.36 Å². The van der Waals surface area contributed by atoms with Crippen molar-refractivity contribution in [3.63, 3.8) is 0 Å². The molecule has 0 aliphatic carbocycles. The molecular formula is C23H23N5O3S. The second-order valence-corrected chi connectivity index (χ2v) is 8.91. The van der Waals surface area contributed by atoms with Gasteiger partial charge in [-0.3, -0.25) is 15.1 Å². The van der Waals surface area contributed by atoms with E-state index < -0.39 is 11.7 Å². The largest absolute Gasteiger partial charge is 0.444 e. The number of hydrogen-bond acceptors (Lipinski definition) is 7. The molecule has 1 aromatic carbocycles. The van der Waals surface area contributed by atoms with Crippen LogP contribution >= 0.6 is 11.5 Å². The minimum absolute atomic E-state index is 0.297. The zero-order valence-electron chi connectivity index (χ0n) is 18.2. The highest BCUT2D eigenvalue weighted by molar-refractivity contribution is 7.06. The van der Waals surface area contributed by atoms with E-state index in [0.29, 0.717) is 34.6 Å². The predicted molar refractivity (Wildman–Crippen MR) is 123 cm³/mol. The van der Waals surface area contributed by atoms with Crippen LogP contribution in [-0.2, 0) is 11.2 Å². The zero-order chi connectivity index (χ0) is 23.3. The van der Waals surface area contributed by atoms with Gasteiger partial charge in [-0.05, 0) is 69.6 Å². The number of aromatic nitrogens is 2. The quantitative estimate of drug-likeness (QED) is 0.572. The lowest BCUT2D eigenvalue weighted by Crippen LogP contribution is -2.27. The number of hydrogen-bond donors (Lipinski definition) is 2. The van der Waals surface area contributed by atoms with Gasteiger partial charge in [0.1, 0.15) is 11.7 Å². The Morgan fingerprint density at radius 2 is 1.88 bits per heavy atom. The van der Waals surface area contributed by atoms with E-state index in [4.69, 9.17) is 10.00 Å². The summed E-state index contributed by atoms with van der Waals surface area (Å²) >= 11 is 1.25. The molecule has 164 valence electrons. The molecule has 2 N–H and O–H groups in total. The van der Waals surface area contributed by atoms with Gasteiger partial charge in [0.15, 0.2) is 0 Å². The van der Waals surface area contributed by atoms with E-state index in [-0.39, 0.29) is 5.91 Å². The molecule has 0 radical (unpaired) electrons. The average molecular weight is 450 g/mol. The third-order valence-corrected chi connectivity index (χ3v) is 5.16. The summed E-state index contributed by atoms with van der Waals surface area (Å²) in [6.45, 7) is 7.13. The number of aryl methyl sites for hydroxylation is 1. The summed E-state index contributed by atoms with van der Waals surface area (Å²) in [5.74, 6) is -0.297. The molecule has 0 fully saturated rings. The fraction of sp³-hybridized carbons (Fsp3) is 0.261. The van der Waals surface area contributed by atoms with E-state index in [1.54, 1.807) is 64.1 Å². The van der Waals surface area contributed by atoms with Gasteiger partial charge in [0.25, 0.3) is 5.91 Å². The molecule has 0 aliphatic rings. The number of nitrogens with one attached hydrogen (secondary N) is 2. The lowest BCUT2D eigenvalue weighted by atomic mass is 10.1. The van der Waals surface area contributed by atoms with Crippen molar-refractivity contribution in [2.45, 2.75) is 39.7 Å². The van der Waals surface area contributed by atoms with Crippen molar-refractivity contribution in [3.8, 4) is 6.07 Å². The molecule has 0 saturated heterocycles. The lowest BCUT2D eigenvalue weighted by molar-refractivity contribution is 0.0636. The maximum Gasteiger partial charge on any atom is 0.412 e. The minimum Gasteiger partial charge on any atom is -0.444 e. The van der Waals surface area contributed by atoms with E-state index in [0.717, 1.165) is 10.6 Å². The predicted octanol–water partition coefficient (Wildman–Crippen LogP) is 4.91. The van der Waals surface area contributed by atoms with Crippen molar-refractivity contribution in [2.24, 2.45) is 0 Å². The van der Waals surface area contributed by atoms with E-state index >= 15 is 0 Å². The summed E-state index contributed by atoms with van der Waals surface area (Å²) in [4.78, 5) is 30.1. The molecule has 0 spiro atoms. The fourth-order valence-electron chi connectivity index (χ4n) is 2.88. The molecule has 0 saturated carbocycles. The maximum absolute atomic E-state index is 13.0. The van der Waals surface area contributed by atoms with Gasteiger partial charge in [-0.2, -0.15) is 9.64 Å². The normalized spacial score (nSPS) is 10.8. The summed E-state index contributed by atoms with van der Waals surface area (Å²) in [6.07, 6.45) is 1.36. The molecule has 9 heteroatoms.